The lowest BCUT2D eigenvalue weighted by atomic mass is 9.84. The van der Waals surface area contributed by atoms with Gasteiger partial charge in [0.15, 0.2) is 0 Å². The van der Waals surface area contributed by atoms with Crippen LogP contribution in [0, 0.1) is 29.6 Å². The summed E-state index contributed by atoms with van der Waals surface area (Å²) in [5, 5.41) is 0. The van der Waals surface area contributed by atoms with Gasteiger partial charge in [0.2, 0.25) is 0 Å². The van der Waals surface area contributed by atoms with E-state index in [4.69, 9.17) is 18.9 Å². The van der Waals surface area contributed by atoms with Crippen molar-refractivity contribution in [2.75, 3.05) is 47.3 Å². The minimum Gasteiger partial charge on any atom is -0.385 e. The number of ether oxygens (including phenoxy) is 4. The van der Waals surface area contributed by atoms with Gasteiger partial charge in [-0.2, -0.15) is 0 Å². The van der Waals surface area contributed by atoms with E-state index in [0.29, 0.717) is 12.0 Å². The van der Waals surface area contributed by atoms with E-state index >= 15 is 0 Å². The van der Waals surface area contributed by atoms with E-state index in [0.717, 1.165) is 63.1 Å². The van der Waals surface area contributed by atoms with Crippen LogP contribution in [0.15, 0.2) is 0 Å². The molecule has 4 nitrogen and oxygen atoms in total. The lowest BCUT2D eigenvalue weighted by Gasteiger charge is -2.24. The van der Waals surface area contributed by atoms with Crippen LogP contribution in [0.25, 0.3) is 0 Å². The van der Waals surface area contributed by atoms with E-state index in [1.165, 1.54) is 64.2 Å². The highest BCUT2D eigenvalue weighted by molar-refractivity contribution is 4.66. The quantitative estimate of drug-likeness (QED) is 0.242. The molecule has 0 aromatic heterocycles. The van der Waals surface area contributed by atoms with Gasteiger partial charge in [0.05, 0.1) is 25.9 Å². The fraction of sp³-hybridized carbons (Fsp3) is 1.00. The lowest BCUT2D eigenvalue weighted by molar-refractivity contribution is -0.0943. The first-order valence-corrected chi connectivity index (χ1v) is 15.3. The second kappa shape index (κ2) is 27.9. The van der Waals surface area contributed by atoms with Crippen molar-refractivity contribution in [3.05, 3.63) is 0 Å². The van der Waals surface area contributed by atoms with Gasteiger partial charge in [-0.15, -0.1) is 0 Å². The molecule has 1 aliphatic heterocycles. The number of unbranched alkanes of at least 4 members (excludes halogenated alkanes) is 1. The highest BCUT2D eigenvalue weighted by Gasteiger charge is 2.15. The summed E-state index contributed by atoms with van der Waals surface area (Å²) in [4.78, 5) is 0. The molecule has 0 aromatic carbocycles. The SMILES string of the molecule is CC(C)CC1CCCCC1.CC(C)CC1COCCO1.COCCC(C)C.COCCCCC(C)C. The molecule has 1 saturated carbocycles. The summed E-state index contributed by atoms with van der Waals surface area (Å²) in [5.41, 5.74) is 0. The predicted octanol–water partition coefficient (Wildman–Crippen LogP) is 9.20. The van der Waals surface area contributed by atoms with E-state index in [1.807, 2.05) is 0 Å². The lowest BCUT2D eigenvalue weighted by Crippen LogP contribution is -2.29. The third-order valence-electron chi connectivity index (χ3n) is 6.43. The summed E-state index contributed by atoms with van der Waals surface area (Å²) in [7, 11) is 3.50. The molecule has 220 valence electrons. The van der Waals surface area contributed by atoms with Gasteiger partial charge >= 0.3 is 0 Å². The summed E-state index contributed by atoms with van der Waals surface area (Å²) in [6.07, 6.45) is 15.5. The third kappa shape index (κ3) is 31.9. The number of hydrogen-bond acceptors (Lipinski definition) is 4. The molecule has 1 aliphatic carbocycles. The van der Waals surface area contributed by atoms with Crippen LogP contribution in [0.1, 0.15) is 126 Å². The summed E-state index contributed by atoms with van der Waals surface area (Å²) in [6.45, 7) is 22.2. The van der Waals surface area contributed by atoms with E-state index in [2.05, 4.69) is 55.4 Å². The molecule has 0 radical (unpaired) electrons. The molecular formula is C32H68O4. The molecular weight excluding hydrogens is 448 g/mol. The maximum absolute atomic E-state index is 5.46. The van der Waals surface area contributed by atoms with Gasteiger partial charge in [-0.25, -0.2) is 0 Å². The van der Waals surface area contributed by atoms with Crippen LogP contribution in [0.2, 0.25) is 0 Å². The highest BCUT2D eigenvalue weighted by Crippen LogP contribution is 2.28. The standard InChI is InChI=1S/C10H20.C8H16O2.C8H18O.C6H14O/c1-9(2)8-10-6-4-3-5-7-10;1-7(2)5-8-6-9-3-4-10-8;1-8(2)6-4-5-7-9-3;1-6(2)4-5-7-3/h9-10H,3-8H2,1-2H3;7-8H,3-6H2,1-2H3;8H,4-7H2,1-3H3;6H,4-5H2,1-3H3. The molecule has 2 rings (SSSR count). The Bertz CT molecular complexity index is 373. The van der Waals surface area contributed by atoms with Crippen LogP contribution in [0.4, 0.5) is 0 Å². The van der Waals surface area contributed by atoms with Crippen LogP contribution in [-0.2, 0) is 18.9 Å². The molecule has 0 spiro atoms. The zero-order valence-electron chi connectivity index (χ0n) is 26.4. The molecule has 0 N–H and O–H groups in total. The molecule has 36 heavy (non-hydrogen) atoms. The first-order chi connectivity index (χ1) is 17.1. The molecule has 1 atom stereocenters. The minimum atomic E-state index is 0.355. The first-order valence-electron chi connectivity index (χ1n) is 15.3. The van der Waals surface area contributed by atoms with Gasteiger partial charge in [-0.1, -0.05) is 100 Å². The van der Waals surface area contributed by atoms with E-state index in [1.54, 1.807) is 14.2 Å². The largest absolute Gasteiger partial charge is 0.385 e. The van der Waals surface area contributed by atoms with Crippen molar-refractivity contribution < 1.29 is 18.9 Å². The zero-order chi connectivity index (χ0) is 27.6. The average molecular weight is 517 g/mol. The molecule has 0 aromatic rings. The third-order valence-corrected chi connectivity index (χ3v) is 6.43. The Morgan fingerprint density at radius 1 is 0.639 bits per heavy atom. The molecule has 4 heteroatoms. The van der Waals surface area contributed by atoms with Crippen molar-refractivity contribution in [2.45, 2.75) is 132 Å². The number of rotatable bonds is 12. The Labute approximate surface area is 228 Å². The minimum absolute atomic E-state index is 0.355. The molecule has 1 heterocycles. The molecule has 1 saturated heterocycles. The maximum atomic E-state index is 5.46. The van der Waals surface area contributed by atoms with E-state index < -0.39 is 0 Å². The summed E-state index contributed by atoms with van der Waals surface area (Å²) in [6, 6.07) is 0. The summed E-state index contributed by atoms with van der Waals surface area (Å²) < 4.78 is 20.5. The van der Waals surface area contributed by atoms with Gasteiger partial charge < -0.3 is 18.9 Å². The number of methoxy groups -OCH3 is 2. The Hall–Kier alpha value is -0.160. The summed E-state index contributed by atoms with van der Waals surface area (Å²) >= 11 is 0. The number of hydrogen-bond donors (Lipinski definition) is 0. The average Bonchev–Trinajstić information content (AvgIpc) is 2.82. The van der Waals surface area contributed by atoms with Gasteiger partial charge in [-0.05, 0) is 55.3 Å². The van der Waals surface area contributed by atoms with Crippen molar-refractivity contribution in [1.82, 2.24) is 0 Å². The fourth-order valence-electron chi connectivity index (χ4n) is 4.44. The van der Waals surface area contributed by atoms with Crippen LogP contribution in [-0.4, -0.2) is 53.4 Å². The van der Waals surface area contributed by atoms with Crippen LogP contribution in [0.3, 0.4) is 0 Å². The van der Waals surface area contributed by atoms with Gasteiger partial charge in [-0.3, -0.25) is 0 Å². The highest BCUT2D eigenvalue weighted by atomic mass is 16.6. The Kier molecular flexibility index (Phi) is 29.4. The first kappa shape index (κ1) is 38.0. The molecule has 2 aliphatic rings. The molecule has 2 fully saturated rings. The van der Waals surface area contributed by atoms with Crippen LogP contribution in [0.5, 0.6) is 0 Å². The Morgan fingerprint density at radius 2 is 1.22 bits per heavy atom. The zero-order valence-corrected chi connectivity index (χ0v) is 26.4. The van der Waals surface area contributed by atoms with Gasteiger partial charge in [0.1, 0.15) is 0 Å². The molecule has 0 amide bonds. The predicted molar refractivity (Wildman–Crippen MR) is 158 cm³/mol. The summed E-state index contributed by atoms with van der Waals surface area (Å²) in [5.74, 6) is 4.34. The Balaban J connectivity index is 0. The molecule has 1 unspecified atom stereocenters. The van der Waals surface area contributed by atoms with Gasteiger partial charge in [0.25, 0.3) is 0 Å². The van der Waals surface area contributed by atoms with Crippen molar-refractivity contribution in [1.29, 1.82) is 0 Å². The second-order valence-corrected chi connectivity index (χ2v) is 12.4. The normalized spacial score (nSPS) is 18.3. The van der Waals surface area contributed by atoms with Crippen molar-refractivity contribution >= 4 is 0 Å². The maximum Gasteiger partial charge on any atom is 0.0812 e. The molecule has 0 bridgehead atoms. The fourth-order valence-corrected chi connectivity index (χ4v) is 4.44. The van der Waals surface area contributed by atoms with Crippen molar-refractivity contribution in [2.24, 2.45) is 29.6 Å². The van der Waals surface area contributed by atoms with Gasteiger partial charge in [0, 0.05) is 27.4 Å². The van der Waals surface area contributed by atoms with E-state index in [9.17, 15) is 0 Å². The van der Waals surface area contributed by atoms with Crippen molar-refractivity contribution in [3.63, 3.8) is 0 Å². The van der Waals surface area contributed by atoms with E-state index in [-0.39, 0.29) is 0 Å². The Morgan fingerprint density at radius 3 is 1.64 bits per heavy atom. The topological polar surface area (TPSA) is 36.9 Å². The van der Waals surface area contributed by atoms with Crippen molar-refractivity contribution in [3.8, 4) is 0 Å². The smallest absolute Gasteiger partial charge is 0.0812 e. The monoisotopic (exact) mass is 517 g/mol. The second-order valence-electron chi connectivity index (χ2n) is 12.4. The van der Waals surface area contributed by atoms with Crippen LogP contribution >= 0.6 is 0 Å². The van der Waals surface area contributed by atoms with Crippen LogP contribution < -0.4 is 0 Å².